The van der Waals surface area contributed by atoms with Crippen LogP contribution in [0.25, 0.3) is 0 Å². The minimum absolute atomic E-state index is 0.315. The van der Waals surface area contributed by atoms with Crippen molar-refractivity contribution in [1.82, 2.24) is 9.88 Å². The van der Waals surface area contributed by atoms with Crippen molar-refractivity contribution in [3.05, 3.63) is 17.8 Å². The van der Waals surface area contributed by atoms with Gasteiger partial charge in [0, 0.05) is 19.0 Å². The first-order valence-corrected chi connectivity index (χ1v) is 5.29. The zero-order chi connectivity index (χ0) is 11.4. The summed E-state index contributed by atoms with van der Waals surface area (Å²) in [4.78, 5) is 6.23. The lowest BCUT2D eigenvalue weighted by Gasteiger charge is -2.17. The smallest absolute Gasteiger partial charge is 0.181 e. The summed E-state index contributed by atoms with van der Waals surface area (Å²) in [5.74, 6) is 1.29. The molecule has 0 aliphatic rings. The molecule has 0 aliphatic heterocycles. The summed E-state index contributed by atoms with van der Waals surface area (Å²) in [6, 6.07) is 0. The molecule has 0 fully saturated rings. The van der Waals surface area contributed by atoms with Gasteiger partial charge in [0.05, 0.1) is 11.8 Å². The molecule has 1 unspecified atom stereocenters. The molecule has 0 aliphatic carbocycles. The molecule has 0 aromatic carbocycles. The van der Waals surface area contributed by atoms with Crippen LogP contribution >= 0.6 is 0 Å². The lowest BCUT2D eigenvalue weighted by Crippen LogP contribution is -2.27. The Balaban J connectivity index is 2.60. The third kappa shape index (κ3) is 3.64. The zero-order valence-electron chi connectivity index (χ0n) is 9.90. The van der Waals surface area contributed by atoms with E-state index in [1.54, 1.807) is 6.92 Å². The molecule has 0 saturated carbocycles. The lowest BCUT2D eigenvalue weighted by molar-refractivity contribution is 0.137. The van der Waals surface area contributed by atoms with Gasteiger partial charge in [-0.2, -0.15) is 0 Å². The number of hydrogen-bond donors (Lipinski definition) is 1. The largest absolute Gasteiger partial charge is 0.448 e. The Hall–Kier alpha value is -0.870. The topological polar surface area (TPSA) is 49.5 Å². The van der Waals surface area contributed by atoms with Crippen molar-refractivity contribution in [2.24, 2.45) is 0 Å². The molecule has 4 heteroatoms. The van der Waals surface area contributed by atoms with Crippen LogP contribution in [0.2, 0.25) is 0 Å². The van der Waals surface area contributed by atoms with E-state index in [1.165, 1.54) is 6.39 Å². The molecular weight excluding hydrogens is 192 g/mol. The Morgan fingerprint density at radius 3 is 2.67 bits per heavy atom. The van der Waals surface area contributed by atoms with Crippen LogP contribution in [0.5, 0.6) is 0 Å². The van der Waals surface area contributed by atoms with Crippen LogP contribution in [-0.4, -0.2) is 34.7 Å². The third-order valence-electron chi connectivity index (χ3n) is 2.19. The maximum atomic E-state index is 9.24. The molecule has 4 nitrogen and oxygen atoms in total. The average Bonchev–Trinajstić information content (AvgIpc) is 2.50. The van der Waals surface area contributed by atoms with Crippen LogP contribution in [0.15, 0.2) is 10.8 Å². The van der Waals surface area contributed by atoms with E-state index in [0.29, 0.717) is 12.5 Å². The highest BCUT2D eigenvalue weighted by molar-refractivity contribution is 5.10. The molecule has 0 spiro atoms. The van der Waals surface area contributed by atoms with Gasteiger partial charge in [-0.3, -0.25) is 4.90 Å². The van der Waals surface area contributed by atoms with Crippen LogP contribution in [0.4, 0.5) is 0 Å². The van der Waals surface area contributed by atoms with Crippen molar-refractivity contribution >= 4 is 0 Å². The van der Waals surface area contributed by atoms with E-state index in [9.17, 15) is 5.11 Å². The lowest BCUT2D eigenvalue weighted by atomic mass is 10.1. The molecule has 1 aromatic heterocycles. The van der Waals surface area contributed by atoms with Gasteiger partial charge in [-0.25, -0.2) is 4.98 Å². The summed E-state index contributed by atoms with van der Waals surface area (Å²) in [7, 11) is 1.96. The van der Waals surface area contributed by atoms with Crippen molar-refractivity contribution in [2.75, 3.05) is 13.6 Å². The Bertz CT molecular complexity index is 295. The third-order valence-corrected chi connectivity index (χ3v) is 2.19. The standard InChI is InChI=1S/C11H20N2O2/c1-8(2)11-10(12-7-15-11)6-13(4)5-9(3)14/h7-9,14H,5-6H2,1-4H3. The van der Waals surface area contributed by atoms with Gasteiger partial charge in [-0.1, -0.05) is 13.8 Å². The van der Waals surface area contributed by atoms with Gasteiger partial charge in [0.25, 0.3) is 0 Å². The number of oxazole rings is 1. The summed E-state index contributed by atoms with van der Waals surface area (Å²) in [6.07, 6.45) is 1.17. The molecule has 0 bridgehead atoms. The first-order chi connectivity index (χ1) is 7.00. The molecule has 1 atom stereocenters. The fourth-order valence-corrected chi connectivity index (χ4v) is 1.64. The predicted octanol–water partition coefficient (Wildman–Crippen LogP) is 1.61. The zero-order valence-corrected chi connectivity index (χ0v) is 9.90. The summed E-state index contributed by atoms with van der Waals surface area (Å²) in [6.45, 7) is 7.30. The number of hydrogen-bond acceptors (Lipinski definition) is 4. The summed E-state index contributed by atoms with van der Waals surface area (Å²) >= 11 is 0. The highest BCUT2D eigenvalue weighted by atomic mass is 16.3. The summed E-state index contributed by atoms with van der Waals surface area (Å²) in [5, 5.41) is 9.24. The summed E-state index contributed by atoms with van der Waals surface area (Å²) < 4.78 is 5.33. The van der Waals surface area contributed by atoms with Crippen LogP contribution in [-0.2, 0) is 6.54 Å². The Labute approximate surface area is 90.9 Å². The van der Waals surface area contributed by atoms with Gasteiger partial charge >= 0.3 is 0 Å². The predicted molar refractivity (Wildman–Crippen MR) is 58.6 cm³/mol. The van der Waals surface area contributed by atoms with Crippen molar-refractivity contribution in [2.45, 2.75) is 39.3 Å². The second-order valence-corrected chi connectivity index (χ2v) is 4.36. The molecule has 1 aromatic rings. The highest BCUT2D eigenvalue weighted by Crippen LogP contribution is 2.19. The molecule has 1 N–H and O–H groups in total. The number of aromatic nitrogens is 1. The minimum Gasteiger partial charge on any atom is -0.448 e. The van der Waals surface area contributed by atoms with Gasteiger partial charge in [0.2, 0.25) is 0 Å². The van der Waals surface area contributed by atoms with Crippen LogP contribution < -0.4 is 0 Å². The van der Waals surface area contributed by atoms with Crippen LogP contribution in [0.1, 0.15) is 38.1 Å². The number of rotatable bonds is 5. The van der Waals surface area contributed by atoms with Gasteiger partial charge in [-0.05, 0) is 14.0 Å². The Morgan fingerprint density at radius 1 is 1.47 bits per heavy atom. The van der Waals surface area contributed by atoms with Crippen molar-refractivity contribution < 1.29 is 9.52 Å². The minimum atomic E-state index is -0.315. The monoisotopic (exact) mass is 212 g/mol. The second-order valence-electron chi connectivity index (χ2n) is 4.36. The quantitative estimate of drug-likeness (QED) is 0.805. The first-order valence-electron chi connectivity index (χ1n) is 5.29. The second kappa shape index (κ2) is 5.28. The molecule has 1 heterocycles. The number of nitrogens with zero attached hydrogens (tertiary/aromatic N) is 2. The van der Waals surface area contributed by atoms with Gasteiger partial charge in [0.1, 0.15) is 5.76 Å². The Morgan fingerprint density at radius 2 is 2.13 bits per heavy atom. The number of aliphatic hydroxyl groups is 1. The normalized spacial score (nSPS) is 13.8. The van der Waals surface area contributed by atoms with E-state index < -0.39 is 0 Å². The van der Waals surface area contributed by atoms with Crippen molar-refractivity contribution in [1.29, 1.82) is 0 Å². The Kier molecular flexibility index (Phi) is 4.29. The highest BCUT2D eigenvalue weighted by Gasteiger charge is 2.14. The van der Waals surface area contributed by atoms with E-state index in [4.69, 9.17) is 4.42 Å². The molecule has 1 rings (SSSR count). The fourth-order valence-electron chi connectivity index (χ4n) is 1.64. The molecule has 0 radical (unpaired) electrons. The van der Waals surface area contributed by atoms with E-state index in [0.717, 1.165) is 18.0 Å². The van der Waals surface area contributed by atoms with Crippen molar-refractivity contribution in [3.63, 3.8) is 0 Å². The summed E-state index contributed by atoms with van der Waals surface area (Å²) in [5.41, 5.74) is 0.966. The van der Waals surface area contributed by atoms with Gasteiger partial charge in [0.15, 0.2) is 6.39 Å². The number of aliphatic hydroxyl groups excluding tert-OH is 1. The maximum Gasteiger partial charge on any atom is 0.181 e. The molecule has 0 amide bonds. The number of likely N-dealkylation sites (N-methyl/N-ethyl adjacent to an activating group) is 1. The molecule has 0 saturated heterocycles. The molecule has 15 heavy (non-hydrogen) atoms. The van der Waals surface area contributed by atoms with Crippen molar-refractivity contribution in [3.8, 4) is 0 Å². The SMILES string of the molecule is CC(O)CN(C)Cc1ncoc1C(C)C. The first kappa shape index (κ1) is 12.2. The van der Waals surface area contributed by atoms with Gasteiger partial charge < -0.3 is 9.52 Å². The van der Waals surface area contributed by atoms with E-state index in [2.05, 4.69) is 18.8 Å². The average molecular weight is 212 g/mol. The molecular formula is C11H20N2O2. The van der Waals surface area contributed by atoms with Crippen LogP contribution in [0.3, 0.4) is 0 Å². The van der Waals surface area contributed by atoms with E-state index in [1.807, 2.05) is 11.9 Å². The van der Waals surface area contributed by atoms with Gasteiger partial charge in [-0.15, -0.1) is 0 Å². The van der Waals surface area contributed by atoms with Crippen LogP contribution in [0, 0.1) is 0 Å². The maximum absolute atomic E-state index is 9.24. The molecule has 86 valence electrons. The fraction of sp³-hybridized carbons (Fsp3) is 0.727. The van der Waals surface area contributed by atoms with E-state index >= 15 is 0 Å². The van der Waals surface area contributed by atoms with E-state index in [-0.39, 0.29) is 6.10 Å².